The standard InChI is InChI=1S/C27H30Cl2N6O2S/c1-33-11-13-34(14-12-33)15-16-38-27-32-31-26-22(8-10-24(36)37-2)30-25(19-5-3-4-6-21(19)29)20-17-18(28)7-9-23(20)35(26)27/h3-7,9,17,22H,8,10-16H2,1-2H3/t22-/m0/s1. The van der Waals surface area contributed by atoms with Crippen LogP contribution in [0.25, 0.3) is 5.69 Å². The Morgan fingerprint density at radius 3 is 2.63 bits per heavy atom. The van der Waals surface area contributed by atoms with E-state index < -0.39 is 6.04 Å². The van der Waals surface area contributed by atoms with Gasteiger partial charge in [0.1, 0.15) is 6.04 Å². The average Bonchev–Trinajstić information content (AvgIpc) is 3.28. The summed E-state index contributed by atoms with van der Waals surface area (Å²) in [5.41, 5.74) is 3.23. The first-order valence-corrected chi connectivity index (χ1v) is 14.4. The van der Waals surface area contributed by atoms with Crippen molar-refractivity contribution < 1.29 is 9.53 Å². The molecule has 2 aliphatic heterocycles. The molecule has 200 valence electrons. The summed E-state index contributed by atoms with van der Waals surface area (Å²) in [5.74, 6) is 1.27. The van der Waals surface area contributed by atoms with E-state index in [1.165, 1.54) is 7.11 Å². The third kappa shape index (κ3) is 5.92. The molecule has 1 atom stereocenters. The summed E-state index contributed by atoms with van der Waals surface area (Å²) in [6, 6.07) is 12.9. The van der Waals surface area contributed by atoms with Gasteiger partial charge in [0.05, 0.1) is 18.5 Å². The smallest absolute Gasteiger partial charge is 0.305 e. The van der Waals surface area contributed by atoms with Gasteiger partial charge in [0.2, 0.25) is 0 Å². The zero-order valence-electron chi connectivity index (χ0n) is 21.4. The van der Waals surface area contributed by atoms with Gasteiger partial charge in [0.25, 0.3) is 0 Å². The molecule has 0 spiro atoms. The summed E-state index contributed by atoms with van der Waals surface area (Å²) in [6.07, 6.45) is 0.628. The Hall–Kier alpha value is -2.43. The fourth-order valence-electron chi connectivity index (χ4n) is 4.75. The lowest BCUT2D eigenvalue weighted by Gasteiger charge is -2.32. The summed E-state index contributed by atoms with van der Waals surface area (Å²) >= 11 is 14.8. The lowest BCUT2D eigenvalue weighted by molar-refractivity contribution is -0.140. The summed E-state index contributed by atoms with van der Waals surface area (Å²) in [6.45, 7) is 5.29. The van der Waals surface area contributed by atoms with E-state index in [0.717, 1.165) is 60.4 Å². The number of ether oxygens (including phenoxy) is 1. The lowest BCUT2D eigenvalue weighted by Crippen LogP contribution is -2.45. The van der Waals surface area contributed by atoms with Gasteiger partial charge in [-0.2, -0.15) is 0 Å². The zero-order valence-corrected chi connectivity index (χ0v) is 23.8. The summed E-state index contributed by atoms with van der Waals surface area (Å²) in [5, 5.41) is 11.1. The molecule has 0 amide bonds. The molecule has 2 aromatic carbocycles. The van der Waals surface area contributed by atoms with E-state index in [1.54, 1.807) is 11.8 Å². The quantitative estimate of drug-likeness (QED) is 0.284. The molecule has 3 aromatic rings. The number of carbonyl (C=O) groups is 1. The van der Waals surface area contributed by atoms with Gasteiger partial charge < -0.3 is 9.64 Å². The number of esters is 1. The Morgan fingerprint density at radius 2 is 1.87 bits per heavy atom. The number of hydrogen-bond acceptors (Lipinski definition) is 8. The number of likely N-dealkylation sites (N-methyl/N-ethyl adjacent to an activating group) is 1. The van der Waals surface area contributed by atoms with Crippen molar-refractivity contribution in [1.82, 2.24) is 24.6 Å². The van der Waals surface area contributed by atoms with Crippen LogP contribution in [0.4, 0.5) is 0 Å². The monoisotopic (exact) mass is 572 g/mol. The van der Waals surface area contributed by atoms with Crippen LogP contribution < -0.4 is 0 Å². The van der Waals surface area contributed by atoms with Crippen LogP contribution in [0.5, 0.6) is 0 Å². The molecule has 38 heavy (non-hydrogen) atoms. The van der Waals surface area contributed by atoms with E-state index >= 15 is 0 Å². The molecule has 0 aliphatic carbocycles. The zero-order chi connectivity index (χ0) is 26.6. The number of rotatable bonds is 8. The molecule has 0 unspecified atom stereocenters. The summed E-state index contributed by atoms with van der Waals surface area (Å²) in [4.78, 5) is 22.0. The molecule has 0 saturated carbocycles. The van der Waals surface area contributed by atoms with Crippen molar-refractivity contribution in [2.75, 3.05) is 52.6 Å². The van der Waals surface area contributed by atoms with Gasteiger partial charge in [-0.1, -0.05) is 53.2 Å². The number of nitrogens with zero attached hydrogens (tertiary/aromatic N) is 6. The minimum Gasteiger partial charge on any atom is -0.469 e. The van der Waals surface area contributed by atoms with Crippen LogP contribution in [0.15, 0.2) is 52.6 Å². The highest BCUT2D eigenvalue weighted by Crippen LogP contribution is 2.37. The first-order chi connectivity index (χ1) is 18.4. The highest BCUT2D eigenvalue weighted by atomic mass is 35.5. The molecule has 2 aliphatic rings. The van der Waals surface area contributed by atoms with Crippen molar-refractivity contribution in [2.24, 2.45) is 4.99 Å². The largest absolute Gasteiger partial charge is 0.469 e. The molecule has 3 heterocycles. The first kappa shape index (κ1) is 27.1. The van der Waals surface area contributed by atoms with E-state index in [-0.39, 0.29) is 12.4 Å². The maximum absolute atomic E-state index is 12.1. The van der Waals surface area contributed by atoms with Crippen molar-refractivity contribution in [1.29, 1.82) is 0 Å². The van der Waals surface area contributed by atoms with E-state index in [9.17, 15) is 4.79 Å². The van der Waals surface area contributed by atoms with Crippen LogP contribution in [0.2, 0.25) is 10.0 Å². The average molecular weight is 574 g/mol. The second-order valence-corrected chi connectivity index (χ2v) is 11.3. The number of hydrogen-bond donors (Lipinski definition) is 0. The molecule has 0 radical (unpaired) electrons. The third-order valence-corrected chi connectivity index (χ3v) is 8.38. The fraction of sp³-hybridized carbons (Fsp3) is 0.407. The summed E-state index contributed by atoms with van der Waals surface area (Å²) < 4.78 is 6.98. The number of methoxy groups -OCH3 is 1. The molecular weight excluding hydrogens is 543 g/mol. The Bertz CT molecular complexity index is 1340. The number of fused-ring (bicyclic) bond motifs is 3. The van der Waals surface area contributed by atoms with Crippen molar-refractivity contribution >= 4 is 46.6 Å². The van der Waals surface area contributed by atoms with Gasteiger partial charge in [-0.25, -0.2) is 0 Å². The summed E-state index contributed by atoms with van der Waals surface area (Å²) in [7, 11) is 3.56. The van der Waals surface area contributed by atoms with Crippen LogP contribution in [0.3, 0.4) is 0 Å². The lowest BCUT2D eigenvalue weighted by atomic mass is 10.00. The van der Waals surface area contributed by atoms with Gasteiger partial charge in [-0.3, -0.25) is 19.3 Å². The van der Waals surface area contributed by atoms with E-state index in [0.29, 0.717) is 28.0 Å². The molecule has 8 nitrogen and oxygen atoms in total. The number of piperazine rings is 1. The van der Waals surface area contributed by atoms with Gasteiger partial charge in [-0.05, 0) is 37.7 Å². The Balaban J connectivity index is 1.53. The molecule has 0 N–H and O–H groups in total. The van der Waals surface area contributed by atoms with Gasteiger partial charge >= 0.3 is 5.97 Å². The van der Waals surface area contributed by atoms with Crippen molar-refractivity contribution in [3.63, 3.8) is 0 Å². The van der Waals surface area contributed by atoms with Gasteiger partial charge in [-0.15, -0.1) is 10.2 Å². The fourth-order valence-corrected chi connectivity index (χ4v) is 6.10. The number of carbonyl (C=O) groups excluding carboxylic acids is 1. The maximum Gasteiger partial charge on any atom is 0.305 e. The highest BCUT2D eigenvalue weighted by Gasteiger charge is 2.30. The number of thioether (sulfide) groups is 1. The maximum atomic E-state index is 12.1. The second-order valence-electron chi connectivity index (χ2n) is 9.42. The molecule has 1 fully saturated rings. The minimum atomic E-state index is -0.425. The van der Waals surface area contributed by atoms with Crippen LogP contribution >= 0.6 is 35.0 Å². The molecule has 1 saturated heterocycles. The number of aromatic nitrogens is 3. The van der Waals surface area contributed by atoms with Crippen molar-refractivity contribution in [3.8, 4) is 5.69 Å². The number of halogens is 2. The number of benzene rings is 2. The van der Waals surface area contributed by atoms with E-state index in [2.05, 4.69) is 31.6 Å². The molecular formula is C27H30Cl2N6O2S. The van der Waals surface area contributed by atoms with Crippen molar-refractivity contribution in [2.45, 2.75) is 24.0 Å². The van der Waals surface area contributed by atoms with Crippen molar-refractivity contribution in [3.05, 3.63) is 69.5 Å². The predicted octanol–water partition coefficient (Wildman–Crippen LogP) is 4.76. The van der Waals surface area contributed by atoms with Crippen LogP contribution in [0.1, 0.15) is 35.8 Å². The Labute approximate surface area is 237 Å². The predicted molar refractivity (Wildman–Crippen MR) is 152 cm³/mol. The van der Waals surface area contributed by atoms with E-state index in [1.807, 2.05) is 42.5 Å². The first-order valence-electron chi connectivity index (χ1n) is 12.6. The highest BCUT2D eigenvalue weighted by molar-refractivity contribution is 7.99. The minimum absolute atomic E-state index is 0.205. The van der Waals surface area contributed by atoms with Gasteiger partial charge in [0.15, 0.2) is 11.0 Å². The molecule has 0 bridgehead atoms. The topological polar surface area (TPSA) is 75.8 Å². The number of aliphatic imine (C=N–C) groups is 1. The third-order valence-electron chi connectivity index (χ3n) is 6.91. The normalized spacial score (nSPS) is 17.9. The molecule has 11 heteroatoms. The van der Waals surface area contributed by atoms with Crippen LogP contribution in [0, 0.1) is 0 Å². The van der Waals surface area contributed by atoms with Crippen LogP contribution in [-0.4, -0.2) is 88.9 Å². The Morgan fingerprint density at radius 1 is 1.08 bits per heavy atom. The van der Waals surface area contributed by atoms with Gasteiger partial charge in [0, 0.05) is 66.1 Å². The Kier molecular flexibility index (Phi) is 8.70. The molecule has 1 aromatic heterocycles. The molecule has 5 rings (SSSR count). The van der Waals surface area contributed by atoms with Crippen LogP contribution in [-0.2, 0) is 9.53 Å². The SMILES string of the molecule is COC(=O)CC[C@@H]1N=C(c2ccccc2Cl)c2cc(Cl)ccc2-n2c(SCCN3CCN(C)CC3)nnc21. The van der Waals surface area contributed by atoms with E-state index in [4.69, 9.17) is 32.9 Å². The second kappa shape index (κ2) is 12.2.